The molecule has 0 saturated heterocycles. The fourth-order valence-electron chi connectivity index (χ4n) is 2.98. The SMILES string of the molecule is O=S(=O)(/N=C(\Nc1cccc2ccccc12)c1ccc(Cl)cc1)c1ccccc1. The summed E-state index contributed by atoms with van der Waals surface area (Å²) in [5.41, 5.74) is 1.38. The highest BCUT2D eigenvalue weighted by Gasteiger charge is 2.16. The summed E-state index contributed by atoms with van der Waals surface area (Å²) in [5, 5.41) is 5.78. The van der Waals surface area contributed by atoms with Gasteiger partial charge in [0.1, 0.15) is 0 Å². The van der Waals surface area contributed by atoms with E-state index >= 15 is 0 Å². The van der Waals surface area contributed by atoms with E-state index in [1.165, 1.54) is 12.1 Å². The number of hydrogen-bond acceptors (Lipinski definition) is 2. The molecule has 0 aliphatic heterocycles. The highest BCUT2D eigenvalue weighted by atomic mass is 35.5. The molecular weight excluding hydrogens is 404 g/mol. The fourth-order valence-corrected chi connectivity index (χ4v) is 4.11. The molecule has 4 rings (SSSR count). The zero-order chi connectivity index (χ0) is 20.3. The molecule has 0 fully saturated rings. The Kier molecular flexibility index (Phi) is 5.34. The van der Waals surface area contributed by atoms with Crippen molar-refractivity contribution < 1.29 is 8.42 Å². The number of benzene rings is 4. The van der Waals surface area contributed by atoms with Crippen LogP contribution in [-0.2, 0) is 10.0 Å². The van der Waals surface area contributed by atoms with Gasteiger partial charge in [-0.25, -0.2) is 0 Å². The highest BCUT2D eigenvalue weighted by molar-refractivity contribution is 7.90. The lowest BCUT2D eigenvalue weighted by molar-refractivity contribution is 0.598. The van der Waals surface area contributed by atoms with Crippen LogP contribution < -0.4 is 5.32 Å². The van der Waals surface area contributed by atoms with Crippen LogP contribution in [-0.4, -0.2) is 14.3 Å². The van der Waals surface area contributed by atoms with Gasteiger partial charge in [0.05, 0.1) is 4.90 Å². The number of amidine groups is 1. The van der Waals surface area contributed by atoms with Gasteiger partial charge >= 0.3 is 0 Å². The normalized spacial score (nSPS) is 12.1. The average molecular weight is 421 g/mol. The zero-order valence-electron chi connectivity index (χ0n) is 15.3. The molecule has 0 saturated carbocycles. The first-order valence-corrected chi connectivity index (χ1v) is 10.8. The van der Waals surface area contributed by atoms with Crippen LogP contribution in [0.2, 0.25) is 5.02 Å². The van der Waals surface area contributed by atoms with Gasteiger partial charge in [-0.2, -0.15) is 8.42 Å². The Morgan fingerprint density at radius 3 is 2.17 bits per heavy atom. The molecule has 4 aromatic rings. The van der Waals surface area contributed by atoms with Crippen LogP contribution in [0.4, 0.5) is 5.69 Å². The Morgan fingerprint density at radius 2 is 1.41 bits per heavy atom. The summed E-state index contributed by atoms with van der Waals surface area (Å²) in [6.45, 7) is 0. The number of rotatable bonds is 4. The van der Waals surface area contributed by atoms with Crippen LogP contribution in [0.3, 0.4) is 0 Å². The number of anilines is 1. The molecule has 0 unspecified atom stereocenters. The van der Waals surface area contributed by atoms with E-state index in [2.05, 4.69) is 9.71 Å². The predicted molar refractivity (Wildman–Crippen MR) is 119 cm³/mol. The first-order valence-electron chi connectivity index (χ1n) is 8.94. The summed E-state index contributed by atoms with van der Waals surface area (Å²) >= 11 is 6.01. The van der Waals surface area contributed by atoms with E-state index in [9.17, 15) is 8.42 Å². The van der Waals surface area contributed by atoms with Crippen LogP contribution >= 0.6 is 11.6 Å². The van der Waals surface area contributed by atoms with Gasteiger partial charge in [-0.15, -0.1) is 4.40 Å². The number of sulfonamides is 1. The maximum absolute atomic E-state index is 12.9. The molecule has 6 heteroatoms. The quantitative estimate of drug-likeness (QED) is 0.338. The number of halogens is 1. The molecule has 0 radical (unpaired) electrons. The maximum atomic E-state index is 12.9. The van der Waals surface area contributed by atoms with Crippen molar-refractivity contribution in [3.63, 3.8) is 0 Å². The van der Waals surface area contributed by atoms with Gasteiger partial charge in [-0.3, -0.25) is 0 Å². The summed E-state index contributed by atoms with van der Waals surface area (Å²) in [6.07, 6.45) is 0. The van der Waals surface area contributed by atoms with Gasteiger partial charge in [-0.05, 0) is 47.9 Å². The summed E-state index contributed by atoms with van der Waals surface area (Å²) in [4.78, 5) is 0.131. The second-order valence-corrected chi connectivity index (χ2v) is 8.43. The second-order valence-electron chi connectivity index (χ2n) is 6.39. The minimum Gasteiger partial charge on any atom is -0.339 e. The third-order valence-electron chi connectivity index (χ3n) is 4.41. The Hall–Kier alpha value is -3.15. The van der Waals surface area contributed by atoms with Crippen molar-refractivity contribution in [3.05, 3.63) is 108 Å². The van der Waals surface area contributed by atoms with Crippen LogP contribution in [0.25, 0.3) is 10.8 Å². The molecule has 0 aliphatic rings. The van der Waals surface area contributed by atoms with E-state index in [1.54, 1.807) is 42.5 Å². The third-order valence-corrected chi connectivity index (χ3v) is 5.96. The Bertz CT molecular complexity index is 1280. The maximum Gasteiger partial charge on any atom is 0.284 e. The molecule has 0 heterocycles. The smallest absolute Gasteiger partial charge is 0.284 e. The van der Waals surface area contributed by atoms with E-state index in [0.29, 0.717) is 10.6 Å². The standard InChI is InChI=1S/C23H17ClN2O2S/c24-19-15-13-18(14-16-19)23(26-29(27,28)20-9-2-1-3-10-20)25-22-12-6-8-17-7-4-5-11-21(17)22/h1-16H,(H,25,26). The van der Waals surface area contributed by atoms with Crippen molar-refractivity contribution in [2.24, 2.45) is 4.40 Å². The van der Waals surface area contributed by atoms with Gasteiger partial charge in [0.15, 0.2) is 5.84 Å². The number of nitrogens with zero attached hydrogens (tertiary/aromatic N) is 1. The van der Waals surface area contributed by atoms with Crippen LogP contribution in [0.1, 0.15) is 5.56 Å². The predicted octanol–water partition coefficient (Wildman–Crippen LogP) is 5.74. The molecule has 144 valence electrons. The largest absolute Gasteiger partial charge is 0.339 e. The van der Waals surface area contributed by atoms with Crippen molar-refractivity contribution >= 4 is 43.9 Å². The fraction of sp³-hybridized carbons (Fsp3) is 0. The summed E-state index contributed by atoms with van der Waals surface area (Å²) < 4.78 is 29.9. The first-order chi connectivity index (χ1) is 14.0. The zero-order valence-corrected chi connectivity index (χ0v) is 16.9. The molecule has 1 N–H and O–H groups in total. The van der Waals surface area contributed by atoms with E-state index < -0.39 is 10.0 Å². The molecule has 4 aromatic carbocycles. The van der Waals surface area contributed by atoms with Crippen LogP contribution in [0.5, 0.6) is 0 Å². The number of hydrogen-bond donors (Lipinski definition) is 1. The Labute approximate surface area is 174 Å². The average Bonchev–Trinajstić information content (AvgIpc) is 2.74. The number of nitrogens with one attached hydrogen (secondary N) is 1. The van der Waals surface area contributed by atoms with Gasteiger partial charge in [-0.1, -0.05) is 66.2 Å². The minimum atomic E-state index is -3.90. The van der Waals surface area contributed by atoms with Crippen molar-refractivity contribution in [1.82, 2.24) is 0 Å². The molecular formula is C23H17ClN2O2S. The van der Waals surface area contributed by atoms with E-state index in [-0.39, 0.29) is 10.7 Å². The lowest BCUT2D eigenvalue weighted by atomic mass is 10.1. The van der Waals surface area contributed by atoms with Gasteiger partial charge in [0, 0.05) is 21.7 Å². The highest BCUT2D eigenvalue weighted by Crippen LogP contribution is 2.25. The summed E-state index contributed by atoms with van der Waals surface area (Å²) in [7, 11) is -3.90. The summed E-state index contributed by atoms with van der Waals surface area (Å²) in [6, 6.07) is 28.7. The molecule has 0 spiro atoms. The second kappa shape index (κ2) is 8.07. The molecule has 0 atom stereocenters. The Balaban J connectivity index is 1.84. The topological polar surface area (TPSA) is 58.5 Å². The molecule has 0 amide bonds. The third kappa shape index (κ3) is 4.31. The van der Waals surface area contributed by atoms with Crippen molar-refractivity contribution in [1.29, 1.82) is 0 Å². The van der Waals surface area contributed by atoms with Gasteiger partial charge in [0.2, 0.25) is 0 Å². The summed E-state index contributed by atoms with van der Waals surface area (Å²) in [5.74, 6) is 0.224. The molecule has 4 nitrogen and oxygen atoms in total. The van der Waals surface area contributed by atoms with E-state index in [4.69, 9.17) is 11.6 Å². The van der Waals surface area contributed by atoms with E-state index in [1.807, 2.05) is 42.5 Å². The Morgan fingerprint density at radius 1 is 0.759 bits per heavy atom. The number of fused-ring (bicyclic) bond motifs is 1. The lowest BCUT2D eigenvalue weighted by Gasteiger charge is -2.13. The van der Waals surface area contributed by atoms with Crippen molar-refractivity contribution in [2.75, 3.05) is 5.32 Å². The van der Waals surface area contributed by atoms with Crippen molar-refractivity contribution in [2.45, 2.75) is 4.90 Å². The molecule has 0 aromatic heterocycles. The molecule has 0 aliphatic carbocycles. The van der Waals surface area contributed by atoms with Gasteiger partial charge in [0.25, 0.3) is 10.0 Å². The molecule has 29 heavy (non-hydrogen) atoms. The molecule has 0 bridgehead atoms. The first kappa shape index (κ1) is 19.2. The minimum absolute atomic E-state index is 0.131. The van der Waals surface area contributed by atoms with Crippen LogP contribution in [0.15, 0.2) is 106 Å². The monoisotopic (exact) mass is 420 g/mol. The van der Waals surface area contributed by atoms with Crippen molar-refractivity contribution in [3.8, 4) is 0 Å². The van der Waals surface area contributed by atoms with Crippen LogP contribution in [0, 0.1) is 0 Å². The van der Waals surface area contributed by atoms with Gasteiger partial charge < -0.3 is 5.32 Å². The van der Waals surface area contributed by atoms with E-state index in [0.717, 1.165) is 16.5 Å². The lowest BCUT2D eigenvalue weighted by Crippen LogP contribution is -2.16.